The lowest BCUT2D eigenvalue weighted by atomic mass is 10.2. The van der Waals surface area contributed by atoms with Crippen molar-refractivity contribution in [2.24, 2.45) is 0 Å². The lowest BCUT2D eigenvalue weighted by Crippen LogP contribution is -2.00. The van der Waals surface area contributed by atoms with Crippen LogP contribution >= 0.6 is 0 Å². The molecule has 0 fully saturated rings. The van der Waals surface area contributed by atoms with Crippen molar-refractivity contribution < 1.29 is 13.9 Å². The van der Waals surface area contributed by atoms with Crippen LogP contribution in [-0.4, -0.2) is 13.9 Å². The van der Waals surface area contributed by atoms with Gasteiger partial charge in [-0.15, -0.1) is 0 Å². The quantitative estimate of drug-likeness (QED) is 0.647. The van der Waals surface area contributed by atoms with Gasteiger partial charge in [0.05, 0.1) is 0 Å². The summed E-state index contributed by atoms with van der Waals surface area (Å²) in [5.41, 5.74) is 0.872. The minimum absolute atomic E-state index is 0.0694. The second-order valence-electron chi connectivity index (χ2n) is 2.48. The lowest BCUT2D eigenvalue weighted by Gasteiger charge is -2.05. The molecule has 0 aliphatic carbocycles. The van der Waals surface area contributed by atoms with Gasteiger partial charge in [0.15, 0.2) is 18.4 Å². The first-order chi connectivity index (χ1) is 5.74. The molecule has 0 radical (unpaired) electrons. The highest BCUT2D eigenvalue weighted by Gasteiger charge is 2.01. The summed E-state index contributed by atoms with van der Waals surface area (Å²) >= 11 is 0. The van der Waals surface area contributed by atoms with E-state index in [1.807, 2.05) is 6.92 Å². The summed E-state index contributed by atoms with van der Waals surface area (Å²) in [5.74, 6) is -0.130. The Morgan fingerprint density at radius 1 is 1.42 bits per heavy atom. The summed E-state index contributed by atoms with van der Waals surface area (Å²) in [4.78, 5) is 0. The summed E-state index contributed by atoms with van der Waals surface area (Å²) < 4.78 is 22.6. The zero-order chi connectivity index (χ0) is 8.97. The molecule has 0 aliphatic heterocycles. The highest BCUT2D eigenvalue weighted by Crippen LogP contribution is 2.17. The fourth-order valence-electron chi connectivity index (χ4n) is 0.845. The topological polar surface area (TPSA) is 18.5 Å². The monoisotopic (exact) mass is 170 g/mol. The highest BCUT2D eigenvalue weighted by atomic mass is 19.1. The van der Waals surface area contributed by atoms with Crippen molar-refractivity contribution in [1.29, 1.82) is 0 Å². The van der Waals surface area contributed by atoms with Gasteiger partial charge in [0, 0.05) is 7.11 Å². The molecule has 0 spiro atoms. The molecule has 0 aromatic heterocycles. The van der Waals surface area contributed by atoms with E-state index in [4.69, 9.17) is 4.74 Å². The number of benzene rings is 1. The van der Waals surface area contributed by atoms with E-state index < -0.39 is 0 Å². The molecule has 0 aliphatic rings. The lowest BCUT2D eigenvalue weighted by molar-refractivity contribution is 0.0483. The molecule has 0 unspecified atom stereocenters. The molecule has 0 amide bonds. The third-order valence-electron chi connectivity index (χ3n) is 1.42. The van der Waals surface area contributed by atoms with Crippen molar-refractivity contribution in [2.75, 3.05) is 13.9 Å². The third-order valence-corrected chi connectivity index (χ3v) is 1.42. The summed E-state index contributed by atoms with van der Waals surface area (Å²) in [6.45, 7) is 1.89. The molecule has 12 heavy (non-hydrogen) atoms. The molecule has 2 nitrogen and oxygen atoms in total. The SMILES string of the molecule is COCOc1ccc(C)cc1F. The van der Waals surface area contributed by atoms with Gasteiger partial charge in [-0.2, -0.15) is 0 Å². The van der Waals surface area contributed by atoms with Gasteiger partial charge in [-0.3, -0.25) is 0 Å². The van der Waals surface area contributed by atoms with Crippen molar-refractivity contribution in [3.05, 3.63) is 29.6 Å². The van der Waals surface area contributed by atoms with E-state index in [9.17, 15) is 4.39 Å². The maximum Gasteiger partial charge on any atom is 0.188 e. The maximum atomic E-state index is 13.0. The van der Waals surface area contributed by atoms with E-state index in [0.717, 1.165) is 5.56 Å². The molecule has 1 aromatic carbocycles. The number of hydrogen-bond donors (Lipinski definition) is 0. The predicted molar refractivity (Wildman–Crippen MR) is 43.6 cm³/mol. The van der Waals surface area contributed by atoms with E-state index in [-0.39, 0.29) is 18.4 Å². The van der Waals surface area contributed by atoms with Crippen LogP contribution in [0.25, 0.3) is 0 Å². The largest absolute Gasteiger partial charge is 0.464 e. The van der Waals surface area contributed by atoms with E-state index in [2.05, 4.69) is 4.74 Å². The van der Waals surface area contributed by atoms with Crippen LogP contribution in [0.15, 0.2) is 18.2 Å². The minimum Gasteiger partial charge on any atom is -0.464 e. The molecule has 0 bridgehead atoms. The Morgan fingerprint density at radius 2 is 2.17 bits per heavy atom. The smallest absolute Gasteiger partial charge is 0.188 e. The molecule has 0 saturated carbocycles. The van der Waals surface area contributed by atoms with Gasteiger partial charge in [0.1, 0.15) is 0 Å². The summed E-state index contributed by atoms with van der Waals surface area (Å²) in [6.07, 6.45) is 0. The fraction of sp³-hybridized carbons (Fsp3) is 0.333. The van der Waals surface area contributed by atoms with Crippen LogP contribution in [0.5, 0.6) is 5.75 Å². The number of hydrogen-bond acceptors (Lipinski definition) is 2. The molecule has 0 heterocycles. The number of ether oxygens (including phenoxy) is 2. The van der Waals surface area contributed by atoms with E-state index in [0.29, 0.717) is 0 Å². The Bertz CT molecular complexity index is 261. The van der Waals surface area contributed by atoms with Gasteiger partial charge in [0.2, 0.25) is 0 Å². The Kier molecular flexibility index (Phi) is 3.05. The van der Waals surface area contributed by atoms with Gasteiger partial charge in [-0.05, 0) is 24.6 Å². The predicted octanol–water partition coefficient (Wildman–Crippen LogP) is 2.12. The molecule has 1 rings (SSSR count). The number of rotatable bonds is 3. The Hall–Kier alpha value is -1.09. The molecular formula is C9H11FO2. The Labute approximate surface area is 70.9 Å². The van der Waals surface area contributed by atoms with Crippen molar-refractivity contribution >= 4 is 0 Å². The van der Waals surface area contributed by atoms with Gasteiger partial charge >= 0.3 is 0 Å². The first-order valence-electron chi connectivity index (χ1n) is 3.62. The van der Waals surface area contributed by atoms with Crippen LogP contribution in [0.3, 0.4) is 0 Å². The van der Waals surface area contributed by atoms with Crippen LogP contribution < -0.4 is 4.74 Å². The van der Waals surface area contributed by atoms with Crippen LogP contribution in [0.4, 0.5) is 4.39 Å². The Morgan fingerprint density at radius 3 is 2.75 bits per heavy atom. The summed E-state index contributed by atoms with van der Waals surface area (Å²) in [7, 11) is 1.49. The van der Waals surface area contributed by atoms with Crippen LogP contribution in [0.1, 0.15) is 5.56 Å². The molecule has 0 saturated heterocycles. The number of methoxy groups -OCH3 is 1. The van der Waals surface area contributed by atoms with Crippen molar-refractivity contribution in [1.82, 2.24) is 0 Å². The van der Waals surface area contributed by atoms with E-state index in [1.54, 1.807) is 12.1 Å². The van der Waals surface area contributed by atoms with Crippen molar-refractivity contribution in [3.63, 3.8) is 0 Å². The van der Waals surface area contributed by atoms with E-state index in [1.165, 1.54) is 13.2 Å². The van der Waals surface area contributed by atoms with Crippen LogP contribution in [0.2, 0.25) is 0 Å². The molecule has 0 atom stereocenters. The average molecular weight is 170 g/mol. The van der Waals surface area contributed by atoms with Gasteiger partial charge in [-0.1, -0.05) is 6.07 Å². The summed E-state index contributed by atoms with van der Waals surface area (Å²) in [6, 6.07) is 4.79. The molecule has 3 heteroatoms. The fourth-order valence-corrected chi connectivity index (χ4v) is 0.845. The maximum absolute atomic E-state index is 13.0. The number of aryl methyl sites for hydroxylation is 1. The molecule has 66 valence electrons. The van der Waals surface area contributed by atoms with Crippen LogP contribution in [-0.2, 0) is 4.74 Å². The third kappa shape index (κ3) is 2.20. The minimum atomic E-state index is -0.355. The van der Waals surface area contributed by atoms with E-state index >= 15 is 0 Å². The highest BCUT2D eigenvalue weighted by molar-refractivity contribution is 5.28. The zero-order valence-electron chi connectivity index (χ0n) is 7.13. The van der Waals surface area contributed by atoms with Crippen molar-refractivity contribution in [3.8, 4) is 5.75 Å². The molecular weight excluding hydrogens is 159 g/mol. The summed E-state index contributed by atoms with van der Waals surface area (Å²) in [5, 5.41) is 0. The zero-order valence-corrected chi connectivity index (χ0v) is 7.13. The number of halogens is 1. The first-order valence-corrected chi connectivity index (χ1v) is 3.62. The van der Waals surface area contributed by atoms with Gasteiger partial charge in [0.25, 0.3) is 0 Å². The first kappa shape index (κ1) is 9.00. The second kappa shape index (κ2) is 4.07. The average Bonchev–Trinajstić information content (AvgIpc) is 2.03. The molecule has 1 aromatic rings. The van der Waals surface area contributed by atoms with Crippen LogP contribution in [0, 0.1) is 12.7 Å². The second-order valence-corrected chi connectivity index (χ2v) is 2.48. The Balaban J connectivity index is 2.72. The standard InChI is InChI=1S/C9H11FO2/c1-7-3-4-9(8(10)5-7)12-6-11-2/h3-5H,6H2,1-2H3. The normalized spacial score (nSPS) is 9.92. The van der Waals surface area contributed by atoms with Crippen molar-refractivity contribution in [2.45, 2.75) is 6.92 Å². The van der Waals surface area contributed by atoms with Gasteiger partial charge in [-0.25, -0.2) is 4.39 Å². The van der Waals surface area contributed by atoms with Gasteiger partial charge < -0.3 is 9.47 Å². The molecule has 0 N–H and O–H groups in total.